The summed E-state index contributed by atoms with van der Waals surface area (Å²) in [5.41, 5.74) is 1.39. The van der Waals surface area contributed by atoms with E-state index in [9.17, 15) is 14.7 Å². The van der Waals surface area contributed by atoms with Gasteiger partial charge in [0.2, 0.25) is 0 Å². The molecule has 1 heterocycles. The SMILES string of the molecule is CC(=O)C=C(C)O.CC(=O)CC(C)[O-].[C-]#[N+]c1cc[c-]c(-n2cccn2)c1.[Ir].[Na+]. The molecule has 0 fully saturated rings. The Kier molecular flexibility index (Phi) is 20.4. The van der Waals surface area contributed by atoms with Crippen LogP contribution in [0.5, 0.6) is 0 Å². The van der Waals surface area contributed by atoms with Crippen molar-refractivity contribution < 1.29 is 69.5 Å². The van der Waals surface area contributed by atoms with Crippen LogP contribution in [0.3, 0.4) is 0 Å². The van der Waals surface area contributed by atoms with Crippen LogP contribution in [-0.4, -0.2) is 32.6 Å². The molecule has 0 bridgehead atoms. The van der Waals surface area contributed by atoms with Gasteiger partial charge in [-0.25, -0.2) is 0 Å². The number of hydrogen-bond donors (Lipinski definition) is 1. The summed E-state index contributed by atoms with van der Waals surface area (Å²) >= 11 is 0. The minimum absolute atomic E-state index is 0. The van der Waals surface area contributed by atoms with Crippen LogP contribution in [0.4, 0.5) is 5.69 Å². The number of hydrogen-bond acceptors (Lipinski definition) is 5. The minimum Gasteiger partial charge on any atom is -0.852 e. The summed E-state index contributed by atoms with van der Waals surface area (Å²) in [5.74, 6) is -0.0880. The Bertz CT molecular complexity index is 796. The Balaban J connectivity index is -0.000000369. The molecule has 153 valence electrons. The van der Waals surface area contributed by atoms with E-state index in [1.807, 2.05) is 12.3 Å². The van der Waals surface area contributed by atoms with Crippen LogP contribution in [0.1, 0.15) is 34.1 Å². The number of aromatic nitrogens is 2. The summed E-state index contributed by atoms with van der Waals surface area (Å²) in [6, 6.07) is 10.0. The first-order chi connectivity index (χ1) is 12.6. The fourth-order valence-corrected chi connectivity index (χ4v) is 1.75. The van der Waals surface area contributed by atoms with E-state index in [1.165, 1.54) is 33.8 Å². The zero-order valence-corrected chi connectivity index (χ0v) is 21.6. The van der Waals surface area contributed by atoms with Crippen molar-refractivity contribution in [2.24, 2.45) is 0 Å². The van der Waals surface area contributed by atoms with Crippen molar-refractivity contribution in [2.75, 3.05) is 0 Å². The maximum Gasteiger partial charge on any atom is 1.00 e. The standard InChI is InChI=1S/C10H6N3.C5H9O2.C5H8O2.Ir.Na/c1-11-9-4-2-5-10(8-9)13-7-3-6-12-13;2*1-4(6)3-5(2)7;;/h2-4,6-8H;4H,3H2,1-2H3;3,6H,1-2H3;;/q2*-1;;;+1. The van der Waals surface area contributed by atoms with Crippen LogP contribution in [0.25, 0.3) is 10.5 Å². The molecule has 1 aromatic heterocycles. The van der Waals surface area contributed by atoms with E-state index < -0.39 is 6.10 Å². The van der Waals surface area contributed by atoms with Crippen molar-refractivity contribution in [1.82, 2.24) is 9.78 Å². The Labute approximate surface area is 207 Å². The van der Waals surface area contributed by atoms with Gasteiger partial charge in [-0.05, 0) is 33.3 Å². The first kappa shape index (κ1) is 32.1. The van der Waals surface area contributed by atoms with E-state index in [4.69, 9.17) is 11.7 Å². The topological polar surface area (TPSA) is 99.6 Å². The molecule has 7 nitrogen and oxygen atoms in total. The number of nitrogens with zero attached hydrogens (tertiary/aromatic N) is 3. The van der Waals surface area contributed by atoms with Crippen molar-refractivity contribution >= 4 is 17.3 Å². The third-order valence-corrected chi connectivity index (χ3v) is 2.64. The molecule has 9 heteroatoms. The van der Waals surface area contributed by atoms with Crippen molar-refractivity contribution in [2.45, 2.75) is 40.2 Å². The van der Waals surface area contributed by atoms with Crippen LogP contribution in [0.2, 0.25) is 0 Å². The second-order valence-electron chi connectivity index (χ2n) is 5.61. The molecule has 29 heavy (non-hydrogen) atoms. The third kappa shape index (κ3) is 18.2. The number of carbonyl (C=O) groups excluding carboxylic acids is 2. The molecule has 0 aliphatic carbocycles. The van der Waals surface area contributed by atoms with Gasteiger partial charge in [-0.1, -0.05) is 12.6 Å². The average molecular weight is 585 g/mol. The molecule has 2 aromatic rings. The molecule has 2 rings (SSSR count). The van der Waals surface area contributed by atoms with Gasteiger partial charge in [-0.2, -0.15) is 23.3 Å². The Morgan fingerprint density at radius 3 is 2.34 bits per heavy atom. The van der Waals surface area contributed by atoms with Crippen LogP contribution in [-0.2, 0) is 29.7 Å². The molecule has 1 aromatic carbocycles. The van der Waals surface area contributed by atoms with Gasteiger partial charge in [0.05, 0.1) is 18.0 Å². The predicted octanol–water partition coefficient (Wildman–Crippen LogP) is -0.0237. The van der Waals surface area contributed by atoms with Crippen LogP contribution >= 0.6 is 0 Å². The molecule has 1 unspecified atom stereocenters. The number of aliphatic hydroxyl groups is 1. The summed E-state index contributed by atoms with van der Waals surface area (Å²) in [6.45, 7) is 12.6. The van der Waals surface area contributed by atoms with E-state index in [0.717, 1.165) is 5.69 Å². The average Bonchev–Trinajstić information content (AvgIpc) is 3.08. The van der Waals surface area contributed by atoms with Gasteiger partial charge < -0.3 is 15.0 Å². The molecule has 1 radical (unpaired) electrons. The molecular weight excluding hydrogens is 561 g/mol. The van der Waals surface area contributed by atoms with Crippen molar-refractivity contribution in [3.63, 3.8) is 0 Å². The smallest absolute Gasteiger partial charge is 0.852 e. The zero-order chi connectivity index (χ0) is 20.8. The second kappa shape index (κ2) is 18.4. The van der Waals surface area contributed by atoms with Gasteiger partial charge in [-0.3, -0.25) is 14.3 Å². The molecule has 0 saturated heterocycles. The maximum absolute atomic E-state index is 10.1. The van der Waals surface area contributed by atoms with Gasteiger partial charge in [0.1, 0.15) is 5.78 Å². The number of allylic oxidation sites excluding steroid dienone is 2. The van der Waals surface area contributed by atoms with E-state index in [2.05, 4.69) is 16.0 Å². The van der Waals surface area contributed by atoms with E-state index in [-0.39, 0.29) is 73.4 Å². The fraction of sp³-hybridized carbons (Fsp3) is 0.300. The van der Waals surface area contributed by atoms with E-state index >= 15 is 0 Å². The normalized spacial score (nSPS) is 10.3. The molecule has 0 aliphatic heterocycles. The fourth-order valence-electron chi connectivity index (χ4n) is 1.75. The number of Topliss-reactive ketones (excluding diaryl/α,β-unsaturated/α-hetero) is 1. The van der Waals surface area contributed by atoms with Gasteiger partial charge in [0, 0.05) is 38.6 Å². The van der Waals surface area contributed by atoms with E-state index in [1.54, 1.807) is 29.1 Å². The van der Waals surface area contributed by atoms with Crippen LogP contribution in [0.15, 0.2) is 48.5 Å². The quantitative estimate of drug-likeness (QED) is 0.236. The largest absolute Gasteiger partial charge is 1.00 e. The predicted molar refractivity (Wildman–Crippen MR) is 100 cm³/mol. The molecule has 0 aliphatic rings. The molecule has 0 saturated carbocycles. The van der Waals surface area contributed by atoms with Gasteiger partial charge in [0.25, 0.3) is 0 Å². The summed E-state index contributed by atoms with van der Waals surface area (Å²) in [5, 5.41) is 22.5. The molecule has 1 N–H and O–H groups in total. The van der Waals surface area contributed by atoms with Gasteiger partial charge in [-0.15, -0.1) is 12.2 Å². The van der Waals surface area contributed by atoms with Gasteiger partial charge >= 0.3 is 29.6 Å². The van der Waals surface area contributed by atoms with Crippen molar-refractivity contribution in [3.05, 3.63) is 66.0 Å². The van der Waals surface area contributed by atoms with Crippen LogP contribution in [0, 0.1) is 12.6 Å². The van der Waals surface area contributed by atoms with Gasteiger partial charge in [0.15, 0.2) is 5.78 Å². The van der Waals surface area contributed by atoms with E-state index in [0.29, 0.717) is 5.69 Å². The third-order valence-electron chi connectivity index (χ3n) is 2.64. The Morgan fingerprint density at radius 2 is 2.03 bits per heavy atom. The Hall–Kier alpha value is -1.59. The number of aliphatic hydroxyl groups excluding tert-OH is 1. The maximum atomic E-state index is 10.1. The first-order valence-electron chi connectivity index (χ1n) is 8.08. The number of benzene rings is 1. The number of rotatable bonds is 4. The summed E-state index contributed by atoms with van der Waals surface area (Å²) in [6.07, 6.45) is 4.12. The minimum atomic E-state index is -0.725. The number of ketones is 2. The van der Waals surface area contributed by atoms with Crippen molar-refractivity contribution in [1.29, 1.82) is 0 Å². The molecule has 1 atom stereocenters. The monoisotopic (exact) mass is 585 g/mol. The molecule has 0 amide bonds. The summed E-state index contributed by atoms with van der Waals surface area (Å²) in [7, 11) is 0. The molecule has 0 spiro atoms. The van der Waals surface area contributed by atoms with Crippen LogP contribution < -0.4 is 34.7 Å². The summed E-state index contributed by atoms with van der Waals surface area (Å²) < 4.78 is 1.68. The number of carbonyl (C=O) groups is 2. The Morgan fingerprint density at radius 1 is 1.41 bits per heavy atom. The van der Waals surface area contributed by atoms with Crippen molar-refractivity contribution in [3.8, 4) is 5.69 Å². The first-order valence-corrected chi connectivity index (χ1v) is 8.08. The molecular formula is C20H23IrN3NaO4-. The zero-order valence-electron chi connectivity index (χ0n) is 17.2. The summed E-state index contributed by atoms with van der Waals surface area (Å²) in [4.78, 5) is 23.4. The second-order valence-corrected chi connectivity index (χ2v) is 5.61.